The number of amides is 1. The van der Waals surface area contributed by atoms with Crippen LogP contribution in [0.4, 0.5) is 5.69 Å². The molecule has 5 nitrogen and oxygen atoms in total. The van der Waals surface area contributed by atoms with Crippen molar-refractivity contribution < 1.29 is 4.79 Å². The van der Waals surface area contributed by atoms with Gasteiger partial charge >= 0.3 is 0 Å². The zero-order valence-corrected chi connectivity index (χ0v) is 17.5. The van der Waals surface area contributed by atoms with Gasteiger partial charge in [-0.15, -0.1) is 0 Å². The predicted molar refractivity (Wildman–Crippen MR) is 110 cm³/mol. The maximum Gasteiger partial charge on any atom is 0.274 e. The van der Waals surface area contributed by atoms with E-state index >= 15 is 0 Å². The van der Waals surface area contributed by atoms with Crippen molar-refractivity contribution in [3.8, 4) is 0 Å². The van der Waals surface area contributed by atoms with Crippen molar-refractivity contribution in [2.24, 2.45) is 0 Å². The fourth-order valence-corrected chi connectivity index (χ4v) is 3.32. The Hall–Kier alpha value is -2.30. The van der Waals surface area contributed by atoms with Gasteiger partial charge in [0, 0.05) is 44.5 Å². The summed E-state index contributed by atoms with van der Waals surface area (Å²) in [6, 6.07) is 10.4. The predicted octanol–water partition coefficient (Wildman–Crippen LogP) is 4.24. The van der Waals surface area contributed by atoms with E-state index in [0.29, 0.717) is 24.7 Å². The first kappa shape index (κ1) is 19.5. The number of nitrogens with zero attached hydrogens (tertiary/aromatic N) is 4. The SMILES string of the molecule is CCN(Cc1ccc(N(C)C)cc1)C(=O)c1cc(C2CC2)n(C(C)(C)C)n1. The minimum Gasteiger partial charge on any atom is -0.378 e. The lowest BCUT2D eigenvalue weighted by molar-refractivity contribution is 0.0745. The average Bonchev–Trinajstić information content (AvgIpc) is 3.36. The third-order valence-electron chi connectivity index (χ3n) is 5.08. The lowest BCUT2D eigenvalue weighted by Crippen LogP contribution is -2.31. The van der Waals surface area contributed by atoms with Gasteiger partial charge in [0.05, 0.1) is 5.54 Å². The summed E-state index contributed by atoms with van der Waals surface area (Å²) in [5.74, 6) is 0.575. The molecule has 27 heavy (non-hydrogen) atoms. The van der Waals surface area contributed by atoms with Crippen LogP contribution in [0.15, 0.2) is 30.3 Å². The molecule has 0 bridgehead atoms. The maximum atomic E-state index is 13.1. The Morgan fingerprint density at radius 2 is 1.81 bits per heavy atom. The molecule has 1 aromatic carbocycles. The zero-order valence-electron chi connectivity index (χ0n) is 17.5. The monoisotopic (exact) mass is 368 g/mol. The molecule has 0 saturated heterocycles. The van der Waals surface area contributed by atoms with Crippen molar-refractivity contribution in [3.63, 3.8) is 0 Å². The fraction of sp³-hybridized carbons (Fsp3) is 0.545. The summed E-state index contributed by atoms with van der Waals surface area (Å²) >= 11 is 0. The summed E-state index contributed by atoms with van der Waals surface area (Å²) < 4.78 is 2.05. The smallest absolute Gasteiger partial charge is 0.274 e. The Morgan fingerprint density at radius 3 is 2.30 bits per heavy atom. The van der Waals surface area contributed by atoms with Gasteiger partial charge in [-0.25, -0.2) is 0 Å². The lowest BCUT2D eigenvalue weighted by atomic mass is 10.1. The second-order valence-electron chi connectivity index (χ2n) is 8.69. The van der Waals surface area contributed by atoms with Crippen LogP contribution in [0.25, 0.3) is 0 Å². The number of carbonyl (C=O) groups excluding carboxylic acids is 1. The molecule has 1 aliphatic rings. The van der Waals surface area contributed by atoms with Crippen molar-refractivity contribution in [3.05, 3.63) is 47.3 Å². The Kier molecular flexibility index (Phi) is 5.31. The van der Waals surface area contributed by atoms with Crippen LogP contribution in [0.5, 0.6) is 0 Å². The minimum atomic E-state index is -0.116. The second kappa shape index (κ2) is 7.37. The van der Waals surface area contributed by atoms with E-state index in [1.54, 1.807) is 0 Å². The first-order chi connectivity index (χ1) is 12.7. The molecule has 5 heteroatoms. The molecular formula is C22H32N4O. The van der Waals surface area contributed by atoms with Gasteiger partial charge in [-0.2, -0.15) is 5.10 Å². The highest BCUT2D eigenvalue weighted by Crippen LogP contribution is 2.41. The van der Waals surface area contributed by atoms with Gasteiger partial charge in [0.1, 0.15) is 0 Å². The quantitative estimate of drug-likeness (QED) is 0.766. The Balaban J connectivity index is 1.80. The van der Waals surface area contributed by atoms with Crippen LogP contribution < -0.4 is 4.90 Å². The highest BCUT2D eigenvalue weighted by molar-refractivity contribution is 5.92. The Bertz CT molecular complexity index is 795. The number of hydrogen-bond donors (Lipinski definition) is 0. The van der Waals surface area contributed by atoms with Crippen molar-refractivity contribution in [2.75, 3.05) is 25.5 Å². The summed E-state index contributed by atoms with van der Waals surface area (Å²) in [6.07, 6.45) is 2.40. The summed E-state index contributed by atoms with van der Waals surface area (Å²) in [6.45, 7) is 9.71. The molecule has 2 aromatic rings. The summed E-state index contributed by atoms with van der Waals surface area (Å²) in [4.78, 5) is 17.1. The number of aromatic nitrogens is 2. The molecule has 1 aromatic heterocycles. The number of carbonyl (C=O) groups is 1. The fourth-order valence-electron chi connectivity index (χ4n) is 3.32. The van der Waals surface area contributed by atoms with E-state index in [1.807, 2.05) is 32.0 Å². The number of benzene rings is 1. The van der Waals surface area contributed by atoms with Crippen molar-refractivity contribution >= 4 is 11.6 Å². The normalized spacial score (nSPS) is 14.3. The van der Waals surface area contributed by atoms with Crippen LogP contribution in [0.2, 0.25) is 0 Å². The van der Waals surface area contributed by atoms with Crippen LogP contribution >= 0.6 is 0 Å². The van der Waals surface area contributed by atoms with E-state index in [9.17, 15) is 4.79 Å². The molecule has 0 N–H and O–H groups in total. The molecule has 3 rings (SSSR count). The molecule has 0 spiro atoms. The molecule has 1 amide bonds. The van der Waals surface area contributed by atoms with Crippen LogP contribution in [0.3, 0.4) is 0 Å². The molecule has 0 aliphatic heterocycles. The van der Waals surface area contributed by atoms with Crippen LogP contribution in [-0.2, 0) is 12.1 Å². The largest absolute Gasteiger partial charge is 0.378 e. The molecule has 0 atom stereocenters. The lowest BCUT2D eigenvalue weighted by Gasteiger charge is -2.23. The molecule has 1 saturated carbocycles. The van der Waals surface area contributed by atoms with Gasteiger partial charge in [0.2, 0.25) is 0 Å². The average molecular weight is 369 g/mol. The van der Waals surface area contributed by atoms with Gasteiger partial charge < -0.3 is 9.80 Å². The summed E-state index contributed by atoms with van der Waals surface area (Å²) in [5, 5.41) is 4.71. The van der Waals surface area contributed by atoms with Gasteiger partial charge in [-0.3, -0.25) is 9.48 Å². The minimum absolute atomic E-state index is 0.0130. The van der Waals surface area contributed by atoms with E-state index < -0.39 is 0 Å². The highest BCUT2D eigenvalue weighted by Gasteiger charge is 2.33. The van der Waals surface area contributed by atoms with E-state index in [0.717, 1.165) is 11.3 Å². The van der Waals surface area contributed by atoms with Gasteiger partial charge in [-0.1, -0.05) is 12.1 Å². The van der Waals surface area contributed by atoms with Crippen LogP contribution in [0, 0.1) is 0 Å². The molecule has 1 heterocycles. The first-order valence-electron chi connectivity index (χ1n) is 9.86. The summed E-state index contributed by atoms with van der Waals surface area (Å²) in [7, 11) is 4.06. The van der Waals surface area contributed by atoms with E-state index in [-0.39, 0.29) is 11.4 Å². The van der Waals surface area contributed by atoms with Gasteiger partial charge in [0.15, 0.2) is 5.69 Å². The third-order valence-corrected chi connectivity index (χ3v) is 5.08. The number of rotatable bonds is 6. The highest BCUT2D eigenvalue weighted by atomic mass is 16.2. The number of anilines is 1. The third kappa shape index (κ3) is 4.34. The molecular weight excluding hydrogens is 336 g/mol. The number of hydrogen-bond acceptors (Lipinski definition) is 3. The van der Waals surface area contributed by atoms with E-state index in [2.05, 4.69) is 54.6 Å². The van der Waals surface area contributed by atoms with Gasteiger partial charge in [0.25, 0.3) is 5.91 Å². The maximum absolute atomic E-state index is 13.1. The van der Waals surface area contributed by atoms with Crippen LogP contribution in [-0.4, -0.2) is 41.2 Å². The van der Waals surface area contributed by atoms with Crippen molar-refractivity contribution in [1.82, 2.24) is 14.7 Å². The molecule has 0 unspecified atom stereocenters. The Labute approximate surface area is 163 Å². The molecule has 146 valence electrons. The molecule has 0 radical (unpaired) electrons. The summed E-state index contributed by atoms with van der Waals surface area (Å²) in [5.41, 5.74) is 3.95. The first-order valence-corrected chi connectivity index (χ1v) is 9.86. The molecule has 1 aliphatic carbocycles. The Morgan fingerprint density at radius 1 is 1.19 bits per heavy atom. The van der Waals surface area contributed by atoms with E-state index in [4.69, 9.17) is 5.10 Å². The van der Waals surface area contributed by atoms with E-state index in [1.165, 1.54) is 18.5 Å². The topological polar surface area (TPSA) is 41.4 Å². The van der Waals surface area contributed by atoms with Crippen molar-refractivity contribution in [1.29, 1.82) is 0 Å². The molecule has 1 fully saturated rings. The standard InChI is InChI=1S/C22H32N4O/c1-7-25(15-16-8-12-18(13-9-16)24(5)6)21(27)19-14-20(17-10-11-17)26(23-19)22(2,3)4/h8-9,12-14,17H,7,10-11,15H2,1-6H3. The second-order valence-corrected chi connectivity index (χ2v) is 8.69. The van der Waals surface area contributed by atoms with Crippen LogP contribution in [0.1, 0.15) is 68.2 Å². The van der Waals surface area contributed by atoms with Crippen molar-refractivity contribution in [2.45, 2.75) is 58.5 Å². The zero-order chi connectivity index (χ0) is 19.8. The van der Waals surface area contributed by atoms with Gasteiger partial charge in [-0.05, 0) is 64.3 Å².